The molecule has 0 fully saturated rings. The molecule has 28 heavy (non-hydrogen) atoms. The SMILES string of the molecule is CCCCCCCCCCCC(=O)OCC(C)(C)c1nnc2c(C)c(C)[nH]n12. The fourth-order valence-corrected chi connectivity index (χ4v) is 3.47. The number of esters is 1. The predicted octanol–water partition coefficient (Wildman–Crippen LogP) is 5.42. The second-order valence-corrected chi connectivity index (χ2v) is 8.67. The summed E-state index contributed by atoms with van der Waals surface area (Å²) in [4.78, 5) is 12.1. The molecule has 0 bridgehead atoms. The van der Waals surface area contributed by atoms with Crippen LogP contribution in [0.5, 0.6) is 0 Å². The van der Waals surface area contributed by atoms with Crippen molar-refractivity contribution in [2.45, 2.75) is 104 Å². The standard InChI is InChI=1S/C22H38N4O2/c1-6-7-8-9-10-11-12-13-14-15-19(27)28-16-22(4,5)21-24-23-20-17(2)18(3)25-26(20)21/h25H,6-16H2,1-5H3. The Hall–Kier alpha value is -1.85. The van der Waals surface area contributed by atoms with Crippen molar-refractivity contribution >= 4 is 11.6 Å². The van der Waals surface area contributed by atoms with E-state index in [-0.39, 0.29) is 5.97 Å². The van der Waals surface area contributed by atoms with Crippen LogP contribution in [0.25, 0.3) is 5.65 Å². The Balaban J connectivity index is 1.68. The molecule has 6 nitrogen and oxygen atoms in total. The molecular weight excluding hydrogens is 352 g/mol. The second-order valence-electron chi connectivity index (χ2n) is 8.67. The van der Waals surface area contributed by atoms with Crippen molar-refractivity contribution in [3.05, 3.63) is 17.1 Å². The highest BCUT2D eigenvalue weighted by Gasteiger charge is 2.30. The van der Waals surface area contributed by atoms with Crippen molar-refractivity contribution in [1.29, 1.82) is 0 Å². The molecule has 6 heteroatoms. The third-order valence-corrected chi connectivity index (χ3v) is 5.52. The van der Waals surface area contributed by atoms with E-state index < -0.39 is 5.41 Å². The number of carbonyl (C=O) groups excluding carboxylic acids is 1. The van der Waals surface area contributed by atoms with E-state index in [1.165, 1.54) is 44.9 Å². The first-order chi connectivity index (χ1) is 13.4. The molecule has 0 atom stereocenters. The van der Waals surface area contributed by atoms with Gasteiger partial charge in [0.15, 0.2) is 11.5 Å². The molecule has 0 saturated heterocycles. The number of carbonyl (C=O) groups is 1. The highest BCUT2D eigenvalue weighted by atomic mass is 16.5. The summed E-state index contributed by atoms with van der Waals surface area (Å²) in [7, 11) is 0. The number of aryl methyl sites for hydroxylation is 2. The van der Waals surface area contributed by atoms with E-state index in [0.717, 1.165) is 35.6 Å². The zero-order valence-electron chi connectivity index (χ0n) is 18.4. The van der Waals surface area contributed by atoms with Crippen LogP contribution in [0.1, 0.15) is 102 Å². The Morgan fingerprint density at radius 2 is 1.61 bits per heavy atom. The summed E-state index contributed by atoms with van der Waals surface area (Å²) in [6.45, 7) is 10.7. The van der Waals surface area contributed by atoms with E-state index in [9.17, 15) is 4.79 Å². The maximum Gasteiger partial charge on any atom is 0.305 e. The van der Waals surface area contributed by atoms with Crippen LogP contribution >= 0.6 is 0 Å². The molecule has 0 radical (unpaired) electrons. The molecule has 0 unspecified atom stereocenters. The zero-order valence-corrected chi connectivity index (χ0v) is 18.4. The van der Waals surface area contributed by atoms with Crippen LogP contribution in [0.2, 0.25) is 0 Å². The monoisotopic (exact) mass is 390 g/mol. The normalized spacial score (nSPS) is 12.0. The molecule has 2 rings (SSSR count). The molecule has 0 spiro atoms. The summed E-state index contributed by atoms with van der Waals surface area (Å²) in [6.07, 6.45) is 11.7. The van der Waals surface area contributed by atoms with Crippen LogP contribution in [-0.4, -0.2) is 32.4 Å². The maximum atomic E-state index is 12.1. The van der Waals surface area contributed by atoms with Gasteiger partial charge >= 0.3 is 5.97 Å². The van der Waals surface area contributed by atoms with Gasteiger partial charge in [0.1, 0.15) is 6.61 Å². The number of rotatable bonds is 13. The number of nitrogens with one attached hydrogen (secondary N) is 1. The van der Waals surface area contributed by atoms with E-state index in [0.29, 0.717) is 13.0 Å². The van der Waals surface area contributed by atoms with Gasteiger partial charge in [-0.1, -0.05) is 58.3 Å². The third kappa shape index (κ3) is 6.08. The fraction of sp³-hybridized carbons (Fsp3) is 0.773. The summed E-state index contributed by atoms with van der Waals surface area (Å²) < 4.78 is 7.46. The molecule has 0 aromatic carbocycles. The number of aromatic nitrogens is 4. The molecule has 0 amide bonds. The average Bonchev–Trinajstić information content (AvgIpc) is 3.19. The largest absolute Gasteiger partial charge is 0.465 e. The topological polar surface area (TPSA) is 72.3 Å². The first-order valence-electron chi connectivity index (χ1n) is 10.9. The molecular formula is C22H38N4O2. The van der Waals surface area contributed by atoms with Crippen LogP contribution in [-0.2, 0) is 14.9 Å². The molecule has 0 saturated carbocycles. The Morgan fingerprint density at radius 1 is 1.00 bits per heavy atom. The Labute approximate surface area is 169 Å². The number of nitrogens with zero attached hydrogens (tertiary/aromatic N) is 3. The van der Waals surface area contributed by atoms with Gasteiger partial charge in [-0.25, -0.2) is 4.52 Å². The summed E-state index contributed by atoms with van der Waals surface area (Å²) in [6, 6.07) is 0. The molecule has 0 aliphatic rings. The van der Waals surface area contributed by atoms with Crippen molar-refractivity contribution in [2.75, 3.05) is 6.61 Å². The van der Waals surface area contributed by atoms with Gasteiger partial charge in [0.25, 0.3) is 0 Å². The lowest BCUT2D eigenvalue weighted by Crippen LogP contribution is -2.29. The predicted molar refractivity (Wildman–Crippen MR) is 113 cm³/mol. The number of fused-ring (bicyclic) bond motifs is 1. The van der Waals surface area contributed by atoms with Crippen LogP contribution < -0.4 is 0 Å². The van der Waals surface area contributed by atoms with Gasteiger partial charge in [0.2, 0.25) is 0 Å². The quantitative estimate of drug-likeness (QED) is 0.366. The highest BCUT2D eigenvalue weighted by molar-refractivity contribution is 5.69. The van der Waals surface area contributed by atoms with Gasteiger partial charge in [-0.05, 0) is 34.1 Å². The highest BCUT2D eigenvalue weighted by Crippen LogP contribution is 2.24. The number of hydrogen-bond acceptors (Lipinski definition) is 4. The van der Waals surface area contributed by atoms with E-state index >= 15 is 0 Å². The van der Waals surface area contributed by atoms with Crippen LogP contribution in [0, 0.1) is 13.8 Å². The Kier molecular flexibility index (Phi) is 8.52. The average molecular weight is 391 g/mol. The van der Waals surface area contributed by atoms with Crippen molar-refractivity contribution < 1.29 is 9.53 Å². The smallest absolute Gasteiger partial charge is 0.305 e. The van der Waals surface area contributed by atoms with Gasteiger partial charge in [0, 0.05) is 17.7 Å². The van der Waals surface area contributed by atoms with Gasteiger partial charge in [-0.15, -0.1) is 10.2 Å². The molecule has 0 aliphatic heterocycles. The number of H-pyrrole nitrogens is 1. The first-order valence-corrected chi connectivity index (χ1v) is 10.9. The minimum atomic E-state index is -0.405. The first kappa shape index (κ1) is 22.4. The molecule has 2 heterocycles. The number of unbranched alkanes of at least 4 members (excludes halogenated alkanes) is 8. The van der Waals surface area contributed by atoms with Crippen molar-refractivity contribution in [3.63, 3.8) is 0 Å². The second kappa shape index (κ2) is 10.6. The fourth-order valence-electron chi connectivity index (χ4n) is 3.47. The zero-order chi connectivity index (χ0) is 20.6. The lowest BCUT2D eigenvalue weighted by atomic mass is 9.94. The lowest BCUT2D eigenvalue weighted by molar-refractivity contribution is -0.145. The summed E-state index contributed by atoms with van der Waals surface area (Å²) in [5, 5.41) is 11.9. The van der Waals surface area contributed by atoms with E-state index in [4.69, 9.17) is 4.74 Å². The third-order valence-electron chi connectivity index (χ3n) is 5.52. The summed E-state index contributed by atoms with van der Waals surface area (Å²) in [5.74, 6) is 0.671. The number of ether oxygens (including phenoxy) is 1. The van der Waals surface area contributed by atoms with E-state index in [1.54, 1.807) is 0 Å². The van der Waals surface area contributed by atoms with E-state index in [1.807, 2.05) is 32.2 Å². The van der Waals surface area contributed by atoms with Gasteiger partial charge in [0.05, 0.1) is 5.41 Å². The number of hydrogen-bond donors (Lipinski definition) is 1. The molecule has 1 N–H and O–H groups in total. The minimum Gasteiger partial charge on any atom is -0.465 e. The van der Waals surface area contributed by atoms with E-state index in [2.05, 4.69) is 22.2 Å². The minimum absolute atomic E-state index is 0.115. The Morgan fingerprint density at radius 3 is 2.25 bits per heavy atom. The van der Waals surface area contributed by atoms with Crippen LogP contribution in [0.4, 0.5) is 0 Å². The molecule has 2 aromatic heterocycles. The van der Waals surface area contributed by atoms with Crippen molar-refractivity contribution in [2.24, 2.45) is 0 Å². The van der Waals surface area contributed by atoms with Gasteiger partial charge < -0.3 is 4.74 Å². The summed E-state index contributed by atoms with van der Waals surface area (Å²) >= 11 is 0. The number of aromatic amines is 1. The summed E-state index contributed by atoms with van der Waals surface area (Å²) in [5.41, 5.74) is 2.60. The van der Waals surface area contributed by atoms with Crippen molar-refractivity contribution in [1.82, 2.24) is 19.8 Å². The van der Waals surface area contributed by atoms with Crippen molar-refractivity contribution in [3.8, 4) is 0 Å². The molecule has 158 valence electrons. The van der Waals surface area contributed by atoms with Gasteiger partial charge in [-0.2, -0.15) is 0 Å². The maximum absolute atomic E-state index is 12.1. The Bertz CT molecular complexity index is 745. The van der Waals surface area contributed by atoms with Crippen LogP contribution in [0.3, 0.4) is 0 Å². The van der Waals surface area contributed by atoms with Gasteiger partial charge in [-0.3, -0.25) is 9.89 Å². The molecule has 0 aliphatic carbocycles. The van der Waals surface area contributed by atoms with Crippen LogP contribution in [0.15, 0.2) is 0 Å². The molecule has 2 aromatic rings. The lowest BCUT2D eigenvalue weighted by Gasteiger charge is -2.21.